The second-order valence-electron chi connectivity index (χ2n) is 7.08. The van der Waals surface area contributed by atoms with E-state index in [4.69, 9.17) is 0 Å². The number of anilines is 2. The van der Waals surface area contributed by atoms with Crippen molar-refractivity contribution < 1.29 is 4.57 Å². The molecule has 0 spiro atoms. The number of hydrogen-bond donors (Lipinski definition) is 1. The Morgan fingerprint density at radius 3 is 1.66 bits per heavy atom. The molecule has 0 atom stereocenters. The molecule has 0 fully saturated rings. The van der Waals surface area contributed by atoms with Gasteiger partial charge in [0.15, 0.2) is 0 Å². The predicted molar refractivity (Wildman–Crippen MR) is 128 cm³/mol. The monoisotopic (exact) mass is 418 g/mol. The van der Waals surface area contributed by atoms with Crippen LogP contribution in [0.5, 0.6) is 0 Å². The molecule has 29 heavy (non-hydrogen) atoms. The summed E-state index contributed by atoms with van der Waals surface area (Å²) in [7, 11) is 1.09. The summed E-state index contributed by atoms with van der Waals surface area (Å²) in [4.78, 5) is 4.06. The molecule has 0 radical (unpaired) electrons. The second kappa shape index (κ2) is 8.36. The highest BCUT2D eigenvalue weighted by Crippen LogP contribution is 2.60. The SMILES string of the molecule is CN(C)c1ccc(NP2(=O)C=C(c3ccccc3)SC(c3ccccc3)=C2)cc1. The summed E-state index contributed by atoms with van der Waals surface area (Å²) in [6.07, 6.45) is 0. The van der Waals surface area contributed by atoms with Crippen LogP contribution in [0.4, 0.5) is 11.4 Å². The van der Waals surface area contributed by atoms with Gasteiger partial charge >= 0.3 is 0 Å². The minimum atomic E-state index is -2.93. The molecule has 3 aromatic rings. The maximum Gasteiger partial charge on any atom is 0.215 e. The van der Waals surface area contributed by atoms with Crippen LogP contribution in [0.1, 0.15) is 11.1 Å². The van der Waals surface area contributed by atoms with Gasteiger partial charge in [-0.05, 0) is 35.4 Å². The van der Waals surface area contributed by atoms with Gasteiger partial charge in [-0.15, -0.1) is 0 Å². The van der Waals surface area contributed by atoms with Gasteiger partial charge in [-0.1, -0.05) is 72.4 Å². The van der Waals surface area contributed by atoms with E-state index in [-0.39, 0.29) is 0 Å². The van der Waals surface area contributed by atoms with E-state index in [2.05, 4.69) is 29.4 Å². The van der Waals surface area contributed by atoms with E-state index >= 15 is 0 Å². The molecule has 0 aromatic heterocycles. The minimum Gasteiger partial charge on any atom is -0.378 e. The van der Waals surface area contributed by atoms with Crippen LogP contribution in [0.25, 0.3) is 9.81 Å². The predicted octanol–water partition coefficient (Wildman–Crippen LogP) is 7.19. The Labute approximate surface area is 176 Å². The molecular formula is C24H23N2OPS. The lowest BCUT2D eigenvalue weighted by molar-refractivity contribution is 0.589. The summed E-state index contributed by atoms with van der Waals surface area (Å²) < 4.78 is 13.9. The van der Waals surface area contributed by atoms with Crippen molar-refractivity contribution in [2.24, 2.45) is 0 Å². The van der Waals surface area contributed by atoms with Crippen molar-refractivity contribution in [3.05, 3.63) is 108 Å². The van der Waals surface area contributed by atoms with Crippen molar-refractivity contribution in [1.82, 2.24) is 0 Å². The fourth-order valence-corrected chi connectivity index (χ4v) is 6.99. The average molecular weight is 419 g/mol. The summed E-state index contributed by atoms with van der Waals surface area (Å²) in [5, 5.41) is 3.29. The van der Waals surface area contributed by atoms with Gasteiger partial charge in [0.1, 0.15) is 0 Å². The van der Waals surface area contributed by atoms with Crippen molar-refractivity contribution in [3.8, 4) is 0 Å². The summed E-state index contributed by atoms with van der Waals surface area (Å²) in [5.74, 6) is 3.78. The van der Waals surface area contributed by atoms with E-state index in [1.807, 2.05) is 91.3 Å². The number of thioether (sulfide) groups is 1. The molecule has 0 unspecified atom stereocenters. The maximum absolute atomic E-state index is 13.9. The highest BCUT2D eigenvalue weighted by atomic mass is 32.2. The maximum atomic E-state index is 13.9. The smallest absolute Gasteiger partial charge is 0.215 e. The molecule has 5 heteroatoms. The highest BCUT2D eigenvalue weighted by Gasteiger charge is 2.26. The van der Waals surface area contributed by atoms with E-state index in [1.54, 1.807) is 11.8 Å². The van der Waals surface area contributed by atoms with Crippen LogP contribution >= 0.6 is 19.1 Å². The molecule has 1 aliphatic heterocycles. The van der Waals surface area contributed by atoms with Gasteiger partial charge in [0.25, 0.3) is 0 Å². The van der Waals surface area contributed by atoms with E-state index < -0.39 is 7.29 Å². The van der Waals surface area contributed by atoms with Gasteiger partial charge in [-0.25, -0.2) is 0 Å². The molecule has 0 saturated heterocycles. The fraction of sp³-hybridized carbons (Fsp3) is 0.0833. The Hall–Kier alpha value is -2.68. The van der Waals surface area contributed by atoms with Crippen molar-refractivity contribution in [3.63, 3.8) is 0 Å². The largest absolute Gasteiger partial charge is 0.378 e. The number of hydrogen-bond acceptors (Lipinski definition) is 3. The average Bonchev–Trinajstić information content (AvgIpc) is 2.75. The van der Waals surface area contributed by atoms with Crippen LogP contribution in [-0.4, -0.2) is 14.1 Å². The molecule has 3 aromatic carbocycles. The summed E-state index contributed by atoms with van der Waals surface area (Å²) in [5.41, 5.74) is 4.10. The van der Waals surface area contributed by atoms with Gasteiger partial charge in [0.2, 0.25) is 7.29 Å². The first-order valence-corrected chi connectivity index (χ1v) is 12.1. The first kappa shape index (κ1) is 19.6. The van der Waals surface area contributed by atoms with Crippen molar-refractivity contribution in [1.29, 1.82) is 0 Å². The van der Waals surface area contributed by atoms with Gasteiger partial charge in [0.05, 0.1) is 0 Å². The minimum absolute atomic E-state index is 0.846. The van der Waals surface area contributed by atoms with Gasteiger partial charge in [-0.3, -0.25) is 4.57 Å². The fourth-order valence-electron chi connectivity index (χ4n) is 3.13. The molecule has 1 aliphatic rings. The van der Waals surface area contributed by atoms with E-state index in [9.17, 15) is 4.57 Å². The lowest BCUT2D eigenvalue weighted by Crippen LogP contribution is -2.08. The zero-order valence-electron chi connectivity index (χ0n) is 16.4. The Morgan fingerprint density at radius 2 is 1.21 bits per heavy atom. The normalized spacial score (nSPS) is 15.2. The van der Waals surface area contributed by atoms with E-state index in [1.165, 1.54) is 0 Å². The Bertz CT molecular complexity index is 1030. The zero-order valence-corrected chi connectivity index (χ0v) is 18.2. The second-order valence-corrected chi connectivity index (χ2v) is 10.3. The van der Waals surface area contributed by atoms with Gasteiger partial charge in [0, 0.05) is 46.9 Å². The topological polar surface area (TPSA) is 32.3 Å². The lowest BCUT2D eigenvalue weighted by Gasteiger charge is -2.23. The Balaban J connectivity index is 1.72. The number of rotatable bonds is 5. The molecular weight excluding hydrogens is 395 g/mol. The molecule has 3 nitrogen and oxygen atoms in total. The van der Waals surface area contributed by atoms with Crippen molar-refractivity contribution in [2.45, 2.75) is 0 Å². The van der Waals surface area contributed by atoms with Crippen LogP contribution in [0.2, 0.25) is 0 Å². The van der Waals surface area contributed by atoms with Crippen LogP contribution in [0.3, 0.4) is 0 Å². The number of nitrogens with zero attached hydrogens (tertiary/aromatic N) is 1. The Kier molecular flexibility index (Phi) is 5.66. The third-order valence-corrected chi connectivity index (χ3v) is 8.03. The van der Waals surface area contributed by atoms with Crippen molar-refractivity contribution in [2.75, 3.05) is 24.1 Å². The van der Waals surface area contributed by atoms with Crippen LogP contribution in [0.15, 0.2) is 96.6 Å². The van der Waals surface area contributed by atoms with Crippen LogP contribution in [-0.2, 0) is 4.57 Å². The third kappa shape index (κ3) is 4.67. The molecule has 146 valence electrons. The first-order chi connectivity index (χ1) is 14.0. The van der Waals surface area contributed by atoms with Crippen LogP contribution in [0, 0.1) is 0 Å². The van der Waals surface area contributed by atoms with Crippen LogP contribution < -0.4 is 9.99 Å². The van der Waals surface area contributed by atoms with Gasteiger partial charge < -0.3 is 9.99 Å². The molecule has 0 amide bonds. The van der Waals surface area contributed by atoms with Gasteiger partial charge in [-0.2, -0.15) is 0 Å². The third-order valence-electron chi connectivity index (χ3n) is 4.64. The van der Waals surface area contributed by atoms with Crippen molar-refractivity contribution >= 4 is 40.2 Å². The molecule has 0 bridgehead atoms. The van der Waals surface area contributed by atoms with E-state index in [0.29, 0.717) is 0 Å². The molecule has 0 aliphatic carbocycles. The first-order valence-electron chi connectivity index (χ1n) is 9.42. The quantitative estimate of drug-likeness (QED) is 0.445. The Morgan fingerprint density at radius 1 is 0.724 bits per heavy atom. The van der Waals surface area contributed by atoms with E-state index in [0.717, 1.165) is 32.3 Å². The summed E-state index contributed by atoms with van der Waals surface area (Å²) in [6.45, 7) is 0. The lowest BCUT2D eigenvalue weighted by atomic mass is 10.2. The highest BCUT2D eigenvalue weighted by molar-refractivity contribution is 8.17. The molecule has 1 N–H and O–H groups in total. The number of benzene rings is 3. The molecule has 4 rings (SSSR count). The summed E-state index contributed by atoms with van der Waals surface area (Å²) >= 11 is 1.66. The molecule has 1 heterocycles. The molecule has 0 saturated carbocycles. The zero-order chi connectivity index (χ0) is 20.3. The standard InChI is InChI=1S/C24H23N2OPS/c1-26(2)22-15-13-21(14-16-22)25-28(27)17-23(19-9-5-3-6-10-19)29-24(18-28)20-11-7-4-8-12-20/h3-18H,1-2H3,(H,25,27). The number of nitrogens with one attached hydrogen (secondary N) is 1. The summed E-state index contributed by atoms with van der Waals surface area (Å²) in [6, 6.07) is 28.3.